The summed E-state index contributed by atoms with van der Waals surface area (Å²) in [5.74, 6) is 0.231. The Balaban J connectivity index is 1.61. The average molecular weight is 459 g/mol. The van der Waals surface area contributed by atoms with Crippen LogP contribution in [0.1, 0.15) is 57.9 Å². The predicted molar refractivity (Wildman–Crippen MR) is 126 cm³/mol. The number of aromatic nitrogens is 2. The number of halogens is 1. The summed E-state index contributed by atoms with van der Waals surface area (Å²) in [6.45, 7) is 8.00. The van der Waals surface area contributed by atoms with Gasteiger partial charge in [0.05, 0.1) is 17.6 Å². The lowest BCUT2D eigenvalue weighted by Gasteiger charge is -2.37. The third kappa shape index (κ3) is 4.93. The lowest BCUT2D eigenvalue weighted by atomic mass is 9.97. The lowest BCUT2D eigenvalue weighted by Crippen LogP contribution is -2.50. The van der Waals surface area contributed by atoms with E-state index in [1.165, 1.54) is 4.68 Å². The standard InChI is InChI=1S/C24H31ClN4O3/c1-24(2,3)32-23(31)28-13-11-27(12-14-28)20-16-26-29(19-10-6-9-18(25)15-19)22(30)21(20)17-7-4-5-8-17/h6,9-10,15-17H,4-5,7-8,11-14H2,1-3H3. The maximum absolute atomic E-state index is 13.6. The third-order valence-electron chi connectivity index (χ3n) is 6.08. The highest BCUT2D eigenvalue weighted by Crippen LogP contribution is 2.37. The van der Waals surface area contributed by atoms with Crippen LogP contribution >= 0.6 is 11.6 Å². The SMILES string of the molecule is CC(C)(C)OC(=O)N1CCN(c2cnn(-c3cccc(Cl)c3)c(=O)c2C2CCCC2)CC1. The van der Waals surface area contributed by atoms with Crippen LogP contribution < -0.4 is 10.5 Å². The predicted octanol–water partition coefficient (Wildman–Crippen LogP) is 4.60. The van der Waals surface area contributed by atoms with Crippen molar-refractivity contribution in [3.8, 4) is 5.69 Å². The number of carbonyl (C=O) groups is 1. The van der Waals surface area contributed by atoms with Crippen molar-refractivity contribution in [3.05, 3.63) is 51.4 Å². The minimum absolute atomic E-state index is 0.0776. The molecule has 2 aliphatic rings. The second-order valence-electron chi connectivity index (χ2n) is 9.58. The number of hydrogen-bond acceptors (Lipinski definition) is 5. The number of nitrogens with zero attached hydrogens (tertiary/aromatic N) is 4. The molecule has 172 valence electrons. The lowest BCUT2D eigenvalue weighted by molar-refractivity contribution is 0.0240. The molecule has 32 heavy (non-hydrogen) atoms. The van der Waals surface area contributed by atoms with Gasteiger partial charge in [-0.3, -0.25) is 4.79 Å². The highest BCUT2D eigenvalue weighted by molar-refractivity contribution is 6.30. The molecule has 8 heteroatoms. The molecular formula is C24H31ClN4O3. The minimum atomic E-state index is -0.515. The van der Waals surface area contributed by atoms with Crippen LogP contribution in [0, 0.1) is 0 Å². The summed E-state index contributed by atoms with van der Waals surface area (Å²) >= 11 is 6.15. The number of anilines is 1. The van der Waals surface area contributed by atoms with E-state index in [4.69, 9.17) is 16.3 Å². The average Bonchev–Trinajstić information content (AvgIpc) is 3.27. The number of benzene rings is 1. The van der Waals surface area contributed by atoms with Crippen LogP contribution in [0.4, 0.5) is 10.5 Å². The molecule has 1 aliphatic heterocycles. The third-order valence-corrected chi connectivity index (χ3v) is 6.32. The van der Waals surface area contributed by atoms with Crippen LogP contribution in [-0.4, -0.2) is 52.6 Å². The smallest absolute Gasteiger partial charge is 0.410 e. The second-order valence-corrected chi connectivity index (χ2v) is 10.0. The monoisotopic (exact) mass is 458 g/mol. The molecule has 1 aromatic carbocycles. The quantitative estimate of drug-likeness (QED) is 0.672. The van der Waals surface area contributed by atoms with E-state index in [0.29, 0.717) is 36.9 Å². The van der Waals surface area contributed by atoms with E-state index in [1.54, 1.807) is 23.2 Å². The van der Waals surface area contributed by atoms with Gasteiger partial charge in [0.1, 0.15) is 5.60 Å². The number of ether oxygens (including phenoxy) is 1. The van der Waals surface area contributed by atoms with E-state index in [-0.39, 0.29) is 17.6 Å². The van der Waals surface area contributed by atoms with Crippen molar-refractivity contribution in [1.29, 1.82) is 0 Å². The van der Waals surface area contributed by atoms with Crippen LogP contribution in [-0.2, 0) is 4.74 Å². The highest BCUT2D eigenvalue weighted by Gasteiger charge is 2.30. The molecule has 1 amide bonds. The van der Waals surface area contributed by atoms with E-state index in [1.807, 2.05) is 32.9 Å². The van der Waals surface area contributed by atoms with Crippen LogP contribution in [0.2, 0.25) is 5.02 Å². The molecular weight excluding hydrogens is 428 g/mol. The van der Waals surface area contributed by atoms with Crippen LogP contribution in [0.5, 0.6) is 0 Å². The van der Waals surface area contributed by atoms with Gasteiger partial charge >= 0.3 is 6.09 Å². The van der Waals surface area contributed by atoms with Crippen molar-refractivity contribution in [3.63, 3.8) is 0 Å². The van der Waals surface area contributed by atoms with Crippen molar-refractivity contribution >= 4 is 23.4 Å². The summed E-state index contributed by atoms with van der Waals surface area (Å²) in [6, 6.07) is 7.21. The zero-order valence-corrected chi connectivity index (χ0v) is 19.8. The van der Waals surface area contributed by atoms with Gasteiger partial charge in [-0.15, -0.1) is 0 Å². The van der Waals surface area contributed by atoms with Crippen molar-refractivity contribution in [1.82, 2.24) is 14.7 Å². The van der Waals surface area contributed by atoms with Gasteiger partial charge in [-0.1, -0.05) is 30.5 Å². The molecule has 0 N–H and O–H groups in total. The second kappa shape index (κ2) is 9.14. The summed E-state index contributed by atoms with van der Waals surface area (Å²) in [7, 11) is 0. The summed E-state index contributed by atoms with van der Waals surface area (Å²) < 4.78 is 6.97. The molecule has 2 heterocycles. The number of amides is 1. The van der Waals surface area contributed by atoms with E-state index in [9.17, 15) is 9.59 Å². The Hall–Kier alpha value is -2.54. The number of hydrogen-bond donors (Lipinski definition) is 0. The molecule has 4 rings (SSSR count). The van der Waals surface area contributed by atoms with Crippen molar-refractivity contribution in [2.45, 2.75) is 58.0 Å². The van der Waals surface area contributed by atoms with Crippen molar-refractivity contribution in [2.75, 3.05) is 31.1 Å². The molecule has 1 aromatic heterocycles. The van der Waals surface area contributed by atoms with Crippen LogP contribution in [0.15, 0.2) is 35.3 Å². The fourth-order valence-corrected chi connectivity index (χ4v) is 4.74. The fraction of sp³-hybridized carbons (Fsp3) is 0.542. The van der Waals surface area contributed by atoms with Gasteiger partial charge < -0.3 is 14.5 Å². The van der Waals surface area contributed by atoms with E-state index in [0.717, 1.165) is 36.9 Å². The largest absolute Gasteiger partial charge is 0.444 e. The van der Waals surface area contributed by atoms with Crippen LogP contribution in [0.3, 0.4) is 0 Å². The fourth-order valence-electron chi connectivity index (χ4n) is 4.56. The van der Waals surface area contributed by atoms with Gasteiger partial charge in [-0.2, -0.15) is 9.78 Å². The molecule has 1 saturated heterocycles. The summed E-state index contributed by atoms with van der Waals surface area (Å²) in [4.78, 5) is 30.0. The summed E-state index contributed by atoms with van der Waals surface area (Å²) in [5, 5.41) is 5.07. The molecule has 2 fully saturated rings. The zero-order valence-electron chi connectivity index (χ0n) is 19.0. The number of rotatable bonds is 3. The first-order valence-electron chi connectivity index (χ1n) is 11.3. The summed E-state index contributed by atoms with van der Waals surface area (Å²) in [5.41, 5.74) is 1.81. The molecule has 0 unspecified atom stereocenters. The topological polar surface area (TPSA) is 67.7 Å². The Bertz CT molecular complexity index is 1030. The number of piperazine rings is 1. The van der Waals surface area contributed by atoms with Gasteiger partial charge in [-0.05, 0) is 57.7 Å². The maximum atomic E-state index is 13.6. The highest BCUT2D eigenvalue weighted by atomic mass is 35.5. The summed E-state index contributed by atoms with van der Waals surface area (Å²) in [6.07, 6.45) is 5.81. The molecule has 0 spiro atoms. The zero-order chi connectivity index (χ0) is 22.9. The van der Waals surface area contributed by atoms with E-state index in [2.05, 4.69) is 10.00 Å². The van der Waals surface area contributed by atoms with E-state index >= 15 is 0 Å². The molecule has 0 atom stereocenters. The first kappa shape index (κ1) is 22.6. The van der Waals surface area contributed by atoms with Gasteiger partial charge in [0, 0.05) is 36.8 Å². The molecule has 1 aliphatic carbocycles. The Morgan fingerprint density at radius 3 is 2.44 bits per heavy atom. The Morgan fingerprint density at radius 2 is 1.81 bits per heavy atom. The van der Waals surface area contributed by atoms with Crippen molar-refractivity contribution < 1.29 is 9.53 Å². The minimum Gasteiger partial charge on any atom is -0.444 e. The number of carbonyl (C=O) groups excluding carboxylic acids is 1. The first-order valence-corrected chi connectivity index (χ1v) is 11.7. The van der Waals surface area contributed by atoms with Crippen molar-refractivity contribution in [2.24, 2.45) is 0 Å². The Kier molecular flexibility index (Phi) is 6.47. The van der Waals surface area contributed by atoms with Gasteiger partial charge in [0.2, 0.25) is 0 Å². The van der Waals surface area contributed by atoms with Gasteiger partial charge in [0.15, 0.2) is 0 Å². The normalized spacial score (nSPS) is 17.6. The van der Waals surface area contributed by atoms with Crippen LogP contribution in [0.25, 0.3) is 5.69 Å². The van der Waals surface area contributed by atoms with Gasteiger partial charge in [-0.25, -0.2) is 4.79 Å². The van der Waals surface area contributed by atoms with E-state index < -0.39 is 5.60 Å². The molecule has 0 radical (unpaired) electrons. The molecule has 7 nitrogen and oxygen atoms in total. The first-order chi connectivity index (χ1) is 15.2. The Morgan fingerprint density at radius 1 is 1.12 bits per heavy atom. The molecule has 2 aromatic rings. The Labute approximate surface area is 193 Å². The molecule has 0 bridgehead atoms. The van der Waals surface area contributed by atoms with Gasteiger partial charge in [0.25, 0.3) is 5.56 Å². The maximum Gasteiger partial charge on any atom is 0.410 e. The molecule has 1 saturated carbocycles.